The first-order chi connectivity index (χ1) is 9.70. The van der Waals surface area contributed by atoms with Crippen molar-refractivity contribution in [2.75, 3.05) is 26.0 Å². The number of hydrogen-bond donors (Lipinski definition) is 0. The monoisotopic (exact) mass is 291 g/mol. The highest BCUT2D eigenvalue weighted by Crippen LogP contribution is 2.32. The summed E-state index contributed by atoms with van der Waals surface area (Å²) in [6.45, 7) is 4.65. The van der Waals surface area contributed by atoms with E-state index in [1.807, 2.05) is 0 Å². The lowest BCUT2D eigenvalue weighted by Crippen LogP contribution is -2.38. The topological polar surface area (TPSA) is 21.1 Å². The van der Waals surface area contributed by atoms with Gasteiger partial charge in [-0.15, -0.1) is 11.6 Å². The molecule has 0 N–H and O–H groups in total. The van der Waals surface area contributed by atoms with Crippen molar-refractivity contribution < 1.29 is 0 Å². The Labute approximate surface area is 125 Å². The summed E-state index contributed by atoms with van der Waals surface area (Å²) in [5.41, 5.74) is 2.35. The lowest BCUT2D eigenvalue weighted by atomic mass is 9.93. The van der Waals surface area contributed by atoms with Crippen LogP contribution in [0, 0.1) is 5.92 Å². The van der Waals surface area contributed by atoms with E-state index in [9.17, 15) is 0 Å². The van der Waals surface area contributed by atoms with E-state index < -0.39 is 0 Å². The van der Waals surface area contributed by atoms with Crippen molar-refractivity contribution in [3.63, 3.8) is 0 Å². The third-order valence-corrected chi connectivity index (χ3v) is 4.57. The molecule has 0 aliphatic carbocycles. The molecule has 20 heavy (non-hydrogen) atoms. The molecule has 1 saturated heterocycles. The van der Waals surface area contributed by atoms with Gasteiger partial charge in [-0.3, -0.25) is 0 Å². The molecule has 0 radical (unpaired) electrons. The number of aryl methyl sites for hydroxylation is 1. The molecule has 0 spiro atoms. The summed E-state index contributed by atoms with van der Waals surface area (Å²) in [7, 11) is 2.21. The number of likely N-dealkylation sites (tertiary alicyclic amines) is 1. The van der Waals surface area contributed by atoms with Crippen LogP contribution in [0.1, 0.15) is 25.2 Å². The van der Waals surface area contributed by atoms with E-state index in [0.717, 1.165) is 30.9 Å². The second-order valence-corrected chi connectivity index (χ2v) is 6.30. The maximum Gasteiger partial charge on any atom is 0.111 e. The normalized spacial score (nSPS) is 24.4. The van der Waals surface area contributed by atoms with Gasteiger partial charge in [0.1, 0.15) is 5.82 Å². The largest absolute Gasteiger partial charge is 0.324 e. The van der Waals surface area contributed by atoms with E-state index in [2.05, 4.69) is 47.7 Å². The molecule has 1 aromatic carbocycles. The van der Waals surface area contributed by atoms with Gasteiger partial charge in [-0.25, -0.2) is 4.98 Å². The number of aromatic nitrogens is 2. The summed E-state index contributed by atoms with van der Waals surface area (Å²) >= 11 is 5.97. The number of fused-ring (bicyclic) bond motifs is 1. The van der Waals surface area contributed by atoms with Crippen LogP contribution in [-0.4, -0.2) is 40.5 Å². The van der Waals surface area contributed by atoms with Crippen LogP contribution in [0.4, 0.5) is 0 Å². The Bertz CT molecular complexity index is 592. The van der Waals surface area contributed by atoms with Gasteiger partial charge in [0, 0.05) is 24.9 Å². The number of piperidine rings is 1. The summed E-state index contributed by atoms with van der Waals surface area (Å²) in [6, 6.07) is 8.98. The number of halogens is 1. The lowest BCUT2D eigenvalue weighted by molar-refractivity contribution is 0.159. The highest BCUT2D eigenvalue weighted by Gasteiger charge is 2.28. The zero-order valence-corrected chi connectivity index (χ0v) is 13.0. The van der Waals surface area contributed by atoms with Crippen LogP contribution < -0.4 is 0 Å². The van der Waals surface area contributed by atoms with Crippen molar-refractivity contribution in [3.8, 4) is 0 Å². The molecule has 4 heteroatoms. The number of benzene rings is 1. The van der Waals surface area contributed by atoms with Crippen LogP contribution in [0.2, 0.25) is 0 Å². The summed E-state index contributed by atoms with van der Waals surface area (Å²) in [4.78, 5) is 7.21. The molecule has 3 nitrogen and oxygen atoms in total. The molecule has 1 aliphatic rings. The van der Waals surface area contributed by atoms with E-state index in [0.29, 0.717) is 17.8 Å². The third kappa shape index (κ3) is 2.45. The van der Waals surface area contributed by atoms with Crippen molar-refractivity contribution in [2.24, 2.45) is 5.92 Å². The molecule has 3 rings (SSSR count). The Hall–Kier alpha value is -1.06. The number of rotatable bonds is 3. The molecule has 0 saturated carbocycles. The van der Waals surface area contributed by atoms with Crippen LogP contribution in [-0.2, 0) is 6.42 Å². The standard InChI is InChI=1S/C16H22ClN3/c1-12-11-19(2)10-8-14(12)20-15-6-4-3-5-13(15)18-16(20)7-9-17/h3-6,12,14H,7-11H2,1-2H3. The van der Waals surface area contributed by atoms with Crippen LogP contribution in [0.15, 0.2) is 24.3 Å². The van der Waals surface area contributed by atoms with E-state index in [1.54, 1.807) is 0 Å². The van der Waals surface area contributed by atoms with Crippen LogP contribution in [0.5, 0.6) is 0 Å². The average Bonchev–Trinajstić information content (AvgIpc) is 2.78. The van der Waals surface area contributed by atoms with Gasteiger partial charge in [0.2, 0.25) is 0 Å². The number of hydrogen-bond acceptors (Lipinski definition) is 2. The first kappa shape index (κ1) is 13.9. The van der Waals surface area contributed by atoms with Gasteiger partial charge < -0.3 is 9.47 Å². The maximum atomic E-state index is 5.97. The van der Waals surface area contributed by atoms with Crippen molar-refractivity contribution in [3.05, 3.63) is 30.1 Å². The second-order valence-electron chi connectivity index (χ2n) is 5.92. The van der Waals surface area contributed by atoms with E-state index in [-0.39, 0.29) is 0 Å². The Morgan fingerprint density at radius 1 is 1.35 bits per heavy atom. The molecule has 0 bridgehead atoms. The van der Waals surface area contributed by atoms with Gasteiger partial charge >= 0.3 is 0 Å². The van der Waals surface area contributed by atoms with Crippen molar-refractivity contribution >= 4 is 22.6 Å². The SMILES string of the molecule is CC1CN(C)CCC1n1c(CCCl)nc2ccccc21. The first-order valence-corrected chi connectivity index (χ1v) is 7.94. The zero-order chi connectivity index (χ0) is 14.1. The highest BCUT2D eigenvalue weighted by molar-refractivity contribution is 6.17. The van der Waals surface area contributed by atoms with Crippen molar-refractivity contribution in [1.29, 1.82) is 0 Å². The molecular weight excluding hydrogens is 270 g/mol. The minimum atomic E-state index is 0.539. The smallest absolute Gasteiger partial charge is 0.111 e. The van der Waals surface area contributed by atoms with Crippen molar-refractivity contribution in [1.82, 2.24) is 14.5 Å². The maximum absolute atomic E-state index is 5.97. The Kier molecular flexibility index (Phi) is 3.99. The number of para-hydroxylation sites is 2. The van der Waals surface area contributed by atoms with Crippen molar-refractivity contribution in [2.45, 2.75) is 25.8 Å². The molecule has 2 unspecified atom stereocenters. The fourth-order valence-corrected chi connectivity index (χ4v) is 3.62. The summed E-state index contributed by atoms with van der Waals surface area (Å²) in [5, 5.41) is 0. The molecule has 0 amide bonds. The minimum Gasteiger partial charge on any atom is -0.324 e. The number of alkyl halides is 1. The molecule has 1 aromatic heterocycles. The number of nitrogens with zero attached hydrogens (tertiary/aromatic N) is 3. The van der Waals surface area contributed by atoms with Crippen LogP contribution in [0.25, 0.3) is 11.0 Å². The minimum absolute atomic E-state index is 0.539. The van der Waals surface area contributed by atoms with E-state index >= 15 is 0 Å². The average molecular weight is 292 g/mol. The van der Waals surface area contributed by atoms with Gasteiger partial charge in [-0.1, -0.05) is 19.1 Å². The predicted octanol–water partition coefficient (Wildman–Crippen LogP) is 3.33. The summed E-state index contributed by atoms with van der Waals surface area (Å²) in [6.07, 6.45) is 2.03. The Morgan fingerprint density at radius 2 is 2.15 bits per heavy atom. The van der Waals surface area contributed by atoms with Gasteiger partial charge in [0.05, 0.1) is 11.0 Å². The van der Waals surface area contributed by atoms with Crippen LogP contribution in [0.3, 0.4) is 0 Å². The van der Waals surface area contributed by atoms with E-state index in [1.165, 1.54) is 11.9 Å². The lowest BCUT2D eigenvalue weighted by Gasteiger charge is -2.36. The molecule has 2 aromatic rings. The van der Waals surface area contributed by atoms with Gasteiger partial charge in [-0.2, -0.15) is 0 Å². The molecule has 108 valence electrons. The van der Waals surface area contributed by atoms with Crippen LogP contribution >= 0.6 is 11.6 Å². The second kappa shape index (κ2) is 5.74. The Balaban J connectivity index is 2.06. The van der Waals surface area contributed by atoms with Gasteiger partial charge in [-0.05, 0) is 38.1 Å². The molecule has 1 fully saturated rings. The third-order valence-electron chi connectivity index (χ3n) is 4.38. The van der Waals surface area contributed by atoms with Gasteiger partial charge in [0.15, 0.2) is 0 Å². The fraction of sp³-hybridized carbons (Fsp3) is 0.562. The molecule has 2 atom stereocenters. The summed E-state index contributed by atoms with van der Waals surface area (Å²) in [5.74, 6) is 2.41. The zero-order valence-electron chi connectivity index (χ0n) is 12.2. The van der Waals surface area contributed by atoms with Gasteiger partial charge in [0.25, 0.3) is 0 Å². The predicted molar refractivity (Wildman–Crippen MR) is 84.5 cm³/mol. The highest BCUT2D eigenvalue weighted by atomic mass is 35.5. The molecule has 1 aliphatic heterocycles. The van der Waals surface area contributed by atoms with E-state index in [4.69, 9.17) is 16.6 Å². The molecule has 2 heterocycles. The quantitative estimate of drug-likeness (QED) is 0.809. The molecular formula is C16H22ClN3. The fourth-order valence-electron chi connectivity index (χ4n) is 3.45. The summed E-state index contributed by atoms with van der Waals surface area (Å²) < 4.78 is 2.45. The first-order valence-electron chi connectivity index (χ1n) is 7.41. The Morgan fingerprint density at radius 3 is 2.90 bits per heavy atom. The number of imidazole rings is 1.